The standard InChI is InChI=1S/C15H18N2O3/c1-15(2,9-20-3)17-13-11-7-5-4-6-10(11)12(8-16-13)14(18)19/h4-8H,9H2,1-3H3,(H,16,17)(H,18,19). The molecule has 5 nitrogen and oxygen atoms in total. The highest BCUT2D eigenvalue weighted by molar-refractivity contribution is 6.06. The molecule has 0 aliphatic rings. The first kappa shape index (κ1) is 14.3. The molecule has 5 heteroatoms. The van der Waals surface area contributed by atoms with Gasteiger partial charge in [0.25, 0.3) is 0 Å². The SMILES string of the molecule is COCC(C)(C)Nc1ncc(C(=O)O)c2ccccc12. The largest absolute Gasteiger partial charge is 0.478 e. The van der Waals surface area contributed by atoms with E-state index in [1.165, 1.54) is 6.20 Å². The second kappa shape index (κ2) is 5.46. The summed E-state index contributed by atoms with van der Waals surface area (Å²) in [5, 5.41) is 14.0. The highest BCUT2D eigenvalue weighted by atomic mass is 16.5. The molecule has 0 aliphatic heterocycles. The molecule has 0 bridgehead atoms. The maximum absolute atomic E-state index is 11.2. The van der Waals surface area contributed by atoms with Crippen molar-refractivity contribution in [2.75, 3.05) is 19.0 Å². The maximum Gasteiger partial charge on any atom is 0.337 e. The van der Waals surface area contributed by atoms with Crippen LogP contribution in [0.25, 0.3) is 10.8 Å². The number of aromatic nitrogens is 1. The summed E-state index contributed by atoms with van der Waals surface area (Å²) in [5.41, 5.74) is -0.0920. The zero-order valence-electron chi connectivity index (χ0n) is 11.8. The lowest BCUT2D eigenvalue weighted by Gasteiger charge is -2.26. The van der Waals surface area contributed by atoms with Crippen molar-refractivity contribution in [1.29, 1.82) is 0 Å². The van der Waals surface area contributed by atoms with E-state index in [4.69, 9.17) is 4.74 Å². The Labute approximate surface area is 117 Å². The van der Waals surface area contributed by atoms with Crippen LogP contribution in [0.5, 0.6) is 0 Å². The van der Waals surface area contributed by atoms with Crippen LogP contribution in [-0.2, 0) is 4.74 Å². The van der Waals surface area contributed by atoms with Crippen LogP contribution in [-0.4, -0.2) is 35.3 Å². The van der Waals surface area contributed by atoms with E-state index >= 15 is 0 Å². The van der Waals surface area contributed by atoms with Crippen LogP contribution in [0.3, 0.4) is 0 Å². The molecule has 106 valence electrons. The molecule has 0 radical (unpaired) electrons. The van der Waals surface area contributed by atoms with E-state index < -0.39 is 5.97 Å². The number of hydrogen-bond donors (Lipinski definition) is 2. The number of carboxylic acid groups (broad SMARTS) is 1. The number of benzene rings is 1. The summed E-state index contributed by atoms with van der Waals surface area (Å²) in [4.78, 5) is 15.5. The number of ether oxygens (including phenoxy) is 1. The van der Waals surface area contributed by atoms with Gasteiger partial charge in [-0.25, -0.2) is 9.78 Å². The Bertz CT molecular complexity index is 638. The summed E-state index contributed by atoms with van der Waals surface area (Å²) in [6.07, 6.45) is 1.38. The minimum absolute atomic E-state index is 0.204. The molecular weight excluding hydrogens is 256 g/mol. The lowest BCUT2D eigenvalue weighted by molar-refractivity contribution is 0.0698. The van der Waals surface area contributed by atoms with Gasteiger partial charge in [-0.3, -0.25) is 0 Å². The number of rotatable bonds is 5. The van der Waals surface area contributed by atoms with Gasteiger partial charge in [-0.05, 0) is 13.8 Å². The Morgan fingerprint density at radius 1 is 1.35 bits per heavy atom. The molecule has 2 rings (SSSR count). The van der Waals surface area contributed by atoms with Crippen molar-refractivity contribution in [2.24, 2.45) is 0 Å². The van der Waals surface area contributed by atoms with Crippen LogP contribution in [0.15, 0.2) is 30.5 Å². The number of aromatic carboxylic acids is 1. The fourth-order valence-electron chi connectivity index (χ4n) is 2.18. The number of carboxylic acids is 1. The summed E-state index contributed by atoms with van der Waals surface area (Å²) < 4.78 is 5.17. The Kier molecular flexibility index (Phi) is 3.90. The Hall–Kier alpha value is -2.14. The highest BCUT2D eigenvalue weighted by Gasteiger charge is 2.20. The predicted molar refractivity (Wildman–Crippen MR) is 78.3 cm³/mol. The predicted octanol–water partition coefficient (Wildman–Crippen LogP) is 2.77. The third-order valence-corrected chi connectivity index (χ3v) is 2.99. The van der Waals surface area contributed by atoms with Crippen molar-refractivity contribution in [3.05, 3.63) is 36.0 Å². The lowest BCUT2D eigenvalue weighted by Crippen LogP contribution is -2.36. The summed E-state index contributed by atoms with van der Waals surface area (Å²) >= 11 is 0. The Balaban J connectivity index is 2.51. The number of anilines is 1. The first-order valence-corrected chi connectivity index (χ1v) is 6.33. The van der Waals surface area contributed by atoms with Gasteiger partial charge in [-0.15, -0.1) is 0 Å². The highest BCUT2D eigenvalue weighted by Crippen LogP contribution is 2.26. The van der Waals surface area contributed by atoms with Gasteiger partial charge in [-0.1, -0.05) is 24.3 Å². The van der Waals surface area contributed by atoms with Crippen molar-refractivity contribution < 1.29 is 14.6 Å². The molecule has 2 N–H and O–H groups in total. The molecule has 0 saturated heterocycles. The molecule has 1 aromatic heterocycles. The van der Waals surface area contributed by atoms with E-state index in [-0.39, 0.29) is 11.1 Å². The van der Waals surface area contributed by atoms with Crippen molar-refractivity contribution in [1.82, 2.24) is 4.98 Å². The number of methoxy groups -OCH3 is 1. The molecule has 0 unspecified atom stereocenters. The molecule has 0 atom stereocenters. The number of nitrogens with one attached hydrogen (secondary N) is 1. The Morgan fingerprint density at radius 3 is 2.60 bits per heavy atom. The summed E-state index contributed by atoms with van der Waals surface area (Å²) in [6, 6.07) is 7.33. The van der Waals surface area contributed by atoms with Gasteiger partial charge in [0.2, 0.25) is 0 Å². The smallest absolute Gasteiger partial charge is 0.337 e. The molecule has 20 heavy (non-hydrogen) atoms. The summed E-state index contributed by atoms with van der Waals surface area (Å²) in [5.74, 6) is -0.316. The van der Waals surface area contributed by atoms with Gasteiger partial charge in [-0.2, -0.15) is 0 Å². The van der Waals surface area contributed by atoms with Crippen molar-refractivity contribution in [3.8, 4) is 0 Å². The first-order chi connectivity index (χ1) is 9.44. The molecule has 0 saturated carbocycles. The van der Waals surface area contributed by atoms with Crippen LogP contribution < -0.4 is 5.32 Å². The third-order valence-electron chi connectivity index (χ3n) is 2.99. The van der Waals surface area contributed by atoms with Crippen LogP contribution in [0.2, 0.25) is 0 Å². The fraction of sp³-hybridized carbons (Fsp3) is 0.333. The van der Waals surface area contributed by atoms with E-state index in [0.29, 0.717) is 17.8 Å². The third kappa shape index (κ3) is 2.88. The zero-order valence-corrected chi connectivity index (χ0v) is 11.8. The molecule has 0 aliphatic carbocycles. The van der Waals surface area contributed by atoms with Crippen LogP contribution in [0.4, 0.5) is 5.82 Å². The van der Waals surface area contributed by atoms with E-state index in [1.807, 2.05) is 32.0 Å². The van der Waals surface area contributed by atoms with Gasteiger partial charge in [0.05, 0.1) is 17.7 Å². The fourth-order valence-corrected chi connectivity index (χ4v) is 2.18. The van der Waals surface area contributed by atoms with Gasteiger partial charge >= 0.3 is 5.97 Å². The van der Waals surface area contributed by atoms with Crippen molar-refractivity contribution in [2.45, 2.75) is 19.4 Å². The quantitative estimate of drug-likeness (QED) is 0.877. The minimum Gasteiger partial charge on any atom is -0.478 e. The number of hydrogen-bond acceptors (Lipinski definition) is 4. The zero-order chi connectivity index (χ0) is 14.8. The topological polar surface area (TPSA) is 71.5 Å². The van der Waals surface area contributed by atoms with Gasteiger partial charge < -0.3 is 15.2 Å². The Morgan fingerprint density at radius 2 is 2.00 bits per heavy atom. The molecular formula is C15H18N2O3. The average Bonchev–Trinajstić information content (AvgIpc) is 2.38. The second-order valence-corrected chi connectivity index (χ2v) is 5.31. The molecule has 0 fully saturated rings. The molecule has 0 spiro atoms. The molecule has 2 aromatic rings. The monoisotopic (exact) mass is 274 g/mol. The maximum atomic E-state index is 11.2. The molecule has 1 aromatic carbocycles. The first-order valence-electron chi connectivity index (χ1n) is 6.33. The lowest BCUT2D eigenvalue weighted by atomic mass is 10.0. The summed E-state index contributed by atoms with van der Waals surface area (Å²) in [6.45, 7) is 4.51. The molecule has 1 heterocycles. The number of carbonyl (C=O) groups is 1. The van der Waals surface area contributed by atoms with E-state index in [0.717, 1.165) is 5.39 Å². The normalized spacial score (nSPS) is 11.6. The van der Waals surface area contributed by atoms with Crippen molar-refractivity contribution in [3.63, 3.8) is 0 Å². The average molecular weight is 274 g/mol. The van der Waals surface area contributed by atoms with Crippen molar-refractivity contribution >= 4 is 22.6 Å². The van der Waals surface area contributed by atoms with Gasteiger partial charge in [0.1, 0.15) is 5.82 Å². The van der Waals surface area contributed by atoms with Crippen LogP contribution in [0.1, 0.15) is 24.2 Å². The van der Waals surface area contributed by atoms with Gasteiger partial charge in [0.15, 0.2) is 0 Å². The van der Waals surface area contributed by atoms with E-state index in [2.05, 4.69) is 10.3 Å². The van der Waals surface area contributed by atoms with E-state index in [9.17, 15) is 9.90 Å². The molecule has 0 amide bonds. The van der Waals surface area contributed by atoms with E-state index in [1.54, 1.807) is 13.2 Å². The second-order valence-electron chi connectivity index (χ2n) is 5.31. The van der Waals surface area contributed by atoms with Crippen LogP contribution >= 0.6 is 0 Å². The van der Waals surface area contributed by atoms with Gasteiger partial charge in [0, 0.05) is 24.1 Å². The summed E-state index contributed by atoms with van der Waals surface area (Å²) in [7, 11) is 1.64. The van der Waals surface area contributed by atoms with Crippen LogP contribution in [0, 0.1) is 0 Å². The number of fused-ring (bicyclic) bond motifs is 1. The number of pyridine rings is 1. The minimum atomic E-state index is -0.976. The number of nitrogens with zero attached hydrogens (tertiary/aromatic N) is 1.